The zero-order chi connectivity index (χ0) is 52.6. The number of fused-ring (bicyclic) bond motifs is 12. The summed E-state index contributed by atoms with van der Waals surface area (Å²) < 4.78 is 5.23. The molecule has 2 saturated carbocycles. The van der Waals surface area contributed by atoms with Crippen LogP contribution < -0.4 is 9.80 Å². The Balaban J connectivity index is 0.991. The molecule has 4 heteroatoms. The van der Waals surface area contributed by atoms with E-state index in [1.807, 2.05) is 0 Å². The van der Waals surface area contributed by atoms with E-state index in [1.54, 1.807) is 0 Å². The van der Waals surface area contributed by atoms with Gasteiger partial charge in [-0.2, -0.15) is 0 Å². The molecule has 0 amide bonds. The van der Waals surface area contributed by atoms with Crippen molar-refractivity contribution >= 4 is 110 Å². The van der Waals surface area contributed by atoms with Crippen molar-refractivity contribution < 1.29 is 0 Å². The van der Waals surface area contributed by atoms with Gasteiger partial charge >= 0.3 is 0 Å². The van der Waals surface area contributed by atoms with Crippen molar-refractivity contribution in [1.29, 1.82) is 0 Å². The van der Waals surface area contributed by atoms with E-state index in [0.717, 1.165) is 11.4 Å². The average Bonchev–Trinajstić information content (AvgIpc) is 4.24. The number of hydrogen-bond donors (Lipinski definition) is 0. The van der Waals surface area contributed by atoms with Crippen LogP contribution in [0, 0.1) is 0 Å². The van der Waals surface area contributed by atoms with E-state index in [-0.39, 0.29) is 10.8 Å². The zero-order valence-corrected chi connectivity index (χ0v) is 46.3. The summed E-state index contributed by atoms with van der Waals surface area (Å²) in [5.74, 6) is 1.31. The van der Waals surface area contributed by atoms with Crippen molar-refractivity contribution in [3.8, 4) is 0 Å². The minimum Gasteiger partial charge on any atom is -0.310 e. The molecular formula is C74H70N4. The number of nitrogens with zero attached hydrogens (tertiary/aromatic N) is 4. The van der Waals surface area contributed by atoms with Crippen molar-refractivity contribution in [3.63, 3.8) is 0 Å². The Morgan fingerprint density at radius 1 is 0.333 bits per heavy atom. The Labute approximate surface area is 459 Å². The molecule has 0 atom stereocenters. The second-order valence-electron chi connectivity index (χ2n) is 25.4. The SMILES string of the molecule is CC(C)(C)c1ccc2c(c1)c1c(N(c3ccccc3)c3ccc(C4CCCCC4)cc3)ccc3c4cc5c(cc4n2c31)c1ccc(N(c2ccccc2)c2ccc(C3CCCCC3)cc2)c2c3cc(C(C)(C)C)ccc3n5c12. The average molecular weight is 1020 g/mol. The molecule has 0 N–H and O–H groups in total. The van der Waals surface area contributed by atoms with Crippen LogP contribution in [0.3, 0.4) is 0 Å². The van der Waals surface area contributed by atoms with Crippen molar-refractivity contribution in [2.75, 3.05) is 9.80 Å². The first-order valence-electron chi connectivity index (χ1n) is 29.3. The standard InChI is InChI=1S/C74H70N4/c1-73(2,3)51-31-39-63-61(43-51)69-65(75(53-23-15-9-16-24-53)55-33-27-49(28-34-55)47-19-11-7-12-20-47)41-37-57-59-46-68-60(45-67(59)77(63)71(57)69)58-38-42-66(70-62-44-52(74(4,5)6)32-40-64(62)78(68)72(58)70)76(54-25-17-10-18-26-54)56-35-29-50(30-36-56)48-21-13-8-14-22-48/h9-10,15-18,23-48H,7-8,11-14,19-22H2,1-6H3. The molecule has 2 aliphatic carbocycles. The number of benzene rings is 9. The van der Waals surface area contributed by atoms with Gasteiger partial charge in [-0.3, -0.25) is 0 Å². The van der Waals surface area contributed by atoms with Gasteiger partial charge in [0.1, 0.15) is 0 Å². The van der Waals surface area contributed by atoms with Crippen LogP contribution in [-0.2, 0) is 10.8 Å². The molecule has 0 aliphatic heterocycles. The molecule has 0 radical (unpaired) electrons. The van der Waals surface area contributed by atoms with Crippen LogP contribution >= 0.6 is 0 Å². The lowest BCUT2D eigenvalue weighted by Gasteiger charge is -2.28. The summed E-state index contributed by atoms with van der Waals surface area (Å²) >= 11 is 0. The Hall–Kier alpha value is -7.82. The third-order valence-corrected chi connectivity index (χ3v) is 18.6. The summed E-state index contributed by atoms with van der Waals surface area (Å²) in [6, 6.07) is 70.7. The highest BCUT2D eigenvalue weighted by Crippen LogP contribution is 2.52. The van der Waals surface area contributed by atoms with E-state index in [9.17, 15) is 0 Å². The monoisotopic (exact) mass is 1010 g/mol. The molecule has 386 valence electrons. The van der Waals surface area contributed by atoms with E-state index in [1.165, 1.54) is 185 Å². The van der Waals surface area contributed by atoms with Gasteiger partial charge in [0.25, 0.3) is 0 Å². The molecule has 4 heterocycles. The molecule has 0 bridgehead atoms. The van der Waals surface area contributed by atoms with E-state index in [2.05, 4.69) is 242 Å². The van der Waals surface area contributed by atoms with E-state index < -0.39 is 0 Å². The van der Waals surface area contributed by atoms with Crippen molar-refractivity contribution in [2.24, 2.45) is 0 Å². The maximum absolute atomic E-state index is 2.61. The molecule has 4 nitrogen and oxygen atoms in total. The molecule has 0 saturated heterocycles. The van der Waals surface area contributed by atoms with Gasteiger partial charge in [-0.25, -0.2) is 0 Å². The lowest BCUT2D eigenvalue weighted by atomic mass is 9.84. The highest BCUT2D eigenvalue weighted by Gasteiger charge is 2.30. The second kappa shape index (κ2) is 17.9. The largest absolute Gasteiger partial charge is 0.310 e. The minimum atomic E-state index is -0.0206. The van der Waals surface area contributed by atoms with Crippen LogP contribution in [0.5, 0.6) is 0 Å². The molecule has 2 fully saturated rings. The predicted octanol–water partition coefficient (Wildman–Crippen LogP) is 21.6. The van der Waals surface area contributed by atoms with Crippen molar-refractivity contribution in [1.82, 2.24) is 8.80 Å². The third kappa shape index (κ3) is 7.38. The Bertz CT molecular complexity index is 4090. The summed E-state index contributed by atoms with van der Waals surface area (Å²) in [6.07, 6.45) is 13.2. The molecule has 2 aliphatic rings. The fourth-order valence-electron chi connectivity index (χ4n) is 14.6. The Morgan fingerprint density at radius 3 is 1.08 bits per heavy atom. The van der Waals surface area contributed by atoms with E-state index in [0.29, 0.717) is 11.8 Å². The van der Waals surface area contributed by atoms with Crippen molar-refractivity contribution in [3.05, 3.63) is 204 Å². The first kappa shape index (κ1) is 47.4. The smallest absolute Gasteiger partial charge is 0.0641 e. The number of anilines is 6. The highest BCUT2D eigenvalue weighted by atomic mass is 15.2. The number of hydrogen-bond acceptors (Lipinski definition) is 2. The van der Waals surface area contributed by atoms with Gasteiger partial charge in [-0.15, -0.1) is 0 Å². The van der Waals surface area contributed by atoms with Gasteiger partial charge in [0.2, 0.25) is 0 Å². The summed E-state index contributed by atoms with van der Waals surface area (Å²) in [6.45, 7) is 14.1. The quantitative estimate of drug-likeness (QED) is 0.151. The normalized spacial score (nSPS) is 15.5. The second-order valence-corrected chi connectivity index (χ2v) is 25.4. The van der Waals surface area contributed by atoms with Gasteiger partial charge < -0.3 is 18.6 Å². The maximum Gasteiger partial charge on any atom is 0.0641 e. The number of para-hydroxylation sites is 2. The highest BCUT2D eigenvalue weighted by molar-refractivity contribution is 6.32. The molecule has 0 spiro atoms. The van der Waals surface area contributed by atoms with Gasteiger partial charge in [-0.05, 0) is 168 Å². The predicted molar refractivity (Wildman–Crippen MR) is 334 cm³/mol. The van der Waals surface area contributed by atoms with E-state index >= 15 is 0 Å². The molecule has 4 aromatic heterocycles. The number of aromatic nitrogens is 2. The lowest BCUT2D eigenvalue weighted by molar-refractivity contribution is 0.443. The summed E-state index contributed by atoms with van der Waals surface area (Å²) in [5, 5.41) is 10.3. The van der Waals surface area contributed by atoms with Gasteiger partial charge in [0, 0.05) is 65.8 Å². The summed E-state index contributed by atoms with van der Waals surface area (Å²) in [7, 11) is 0. The molecule has 9 aromatic carbocycles. The van der Waals surface area contributed by atoms with Gasteiger partial charge in [0.05, 0.1) is 44.5 Å². The Morgan fingerprint density at radius 2 is 0.705 bits per heavy atom. The van der Waals surface area contributed by atoms with Gasteiger partial charge in [0.15, 0.2) is 0 Å². The first-order valence-corrected chi connectivity index (χ1v) is 29.3. The van der Waals surface area contributed by atoms with Crippen LogP contribution in [0.2, 0.25) is 0 Å². The molecule has 13 aromatic rings. The third-order valence-electron chi connectivity index (χ3n) is 18.6. The van der Waals surface area contributed by atoms with E-state index in [4.69, 9.17) is 0 Å². The summed E-state index contributed by atoms with van der Waals surface area (Å²) in [4.78, 5) is 5.04. The Kier molecular flexibility index (Phi) is 10.9. The fraction of sp³-hybridized carbons (Fsp3) is 0.270. The zero-order valence-electron chi connectivity index (χ0n) is 46.3. The van der Waals surface area contributed by atoms with Crippen LogP contribution in [0.4, 0.5) is 34.1 Å². The minimum absolute atomic E-state index is 0.0206. The molecular weight excluding hydrogens is 945 g/mol. The van der Waals surface area contributed by atoms with Gasteiger partial charge in [-0.1, -0.05) is 165 Å². The van der Waals surface area contributed by atoms with Crippen LogP contribution in [0.25, 0.3) is 76.2 Å². The molecule has 0 unspecified atom stereocenters. The lowest BCUT2D eigenvalue weighted by Crippen LogP contribution is -2.11. The molecule has 15 rings (SSSR count). The maximum atomic E-state index is 2.61. The van der Waals surface area contributed by atoms with Crippen LogP contribution in [-0.4, -0.2) is 8.80 Å². The van der Waals surface area contributed by atoms with Crippen LogP contribution in [0.1, 0.15) is 140 Å². The summed E-state index contributed by atoms with van der Waals surface area (Å²) in [5.41, 5.74) is 20.3. The number of rotatable bonds is 8. The topological polar surface area (TPSA) is 15.3 Å². The molecule has 78 heavy (non-hydrogen) atoms. The fourth-order valence-corrected chi connectivity index (χ4v) is 14.6. The van der Waals surface area contributed by atoms with Crippen LogP contribution in [0.15, 0.2) is 182 Å². The van der Waals surface area contributed by atoms with Crippen molar-refractivity contribution in [2.45, 2.75) is 128 Å². The first-order chi connectivity index (χ1) is 38.0.